The monoisotopic (exact) mass is 274 g/mol. The topological polar surface area (TPSA) is 68.3 Å². The maximum Gasteiger partial charge on any atom is 0.162 e. The van der Waals surface area contributed by atoms with Crippen molar-refractivity contribution < 1.29 is 9.47 Å². The fourth-order valence-electron chi connectivity index (χ4n) is 2.47. The summed E-state index contributed by atoms with van der Waals surface area (Å²) < 4.78 is 10.7. The maximum absolute atomic E-state index is 5.35. The predicted molar refractivity (Wildman–Crippen MR) is 77.5 cm³/mol. The van der Waals surface area contributed by atoms with Crippen LogP contribution >= 0.6 is 0 Å². The van der Waals surface area contributed by atoms with Crippen LogP contribution in [0.15, 0.2) is 18.5 Å². The summed E-state index contributed by atoms with van der Waals surface area (Å²) in [5.41, 5.74) is 0.839. The number of anilines is 1. The van der Waals surface area contributed by atoms with Crippen LogP contribution in [0.5, 0.6) is 11.5 Å². The zero-order valence-corrected chi connectivity index (χ0v) is 11.6. The third kappa shape index (κ3) is 2.34. The zero-order chi connectivity index (χ0) is 13.9. The molecule has 2 heterocycles. The molecule has 0 bridgehead atoms. The Morgan fingerprint density at radius 3 is 2.70 bits per heavy atom. The Bertz CT molecular complexity index is 611. The molecule has 1 atom stereocenters. The molecule has 1 aliphatic heterocycles. The van der Waals surface area contributed by atoms with Gasteiger partial charge in [-0.2, -0.15) is 0 Å². The molecule has 0 aliphatic carbocycles. The highest BCUT2D eigenvalue weighted by atomic mass is 16.5. The summed E-state index contributed by atoms with van der Waals surface area (Å²) in [4.78, 5) is 8.65. The molecule has 2 aromatic rings. The van der Waals surface area contributed by atoms with Crippen molar-refractivity contribution in [2.75, 3.05) is 32.6 Å². The molecule has 0 saturated carbocycles. The van der Waals surface area contributed by atoms with Crippen LogP contribution in [0.3, 0.4) is 0 Å². The number of methoxy groups -OCH3 is 2. The Balaban J connectivity index is 2.03. The van der Waals surface area contributed by atoms with Gasteiger partial charge in [0, 0.05) is 24.0 Å². The molecule has 1 aromatic carbocycles. The first kappa shape index (κ1) is 12.9. The highest BCUT2D eigenvalue weighted by Crippen LogP contribution is 2.33. The molecule has 106 valence electrons. The summed E-state index contributed by atoms with van der Waals surface area (Å²) in [5.74, 6) is 2.19. The number of rotatable bonds is 4. The van der Waals surface area contributed by atoms with E-state index in [0.717, 1.165) is 36.2 Å². The van der Waals surface area contributed by atoms with Crippen molar-refractivity contribution in [3.05, 3.63) is 18.5 Å². The summed E-state index contributed by atoms with van der Waals surface area (Å²) in [6.45, 7) is 2.00. The molecule has 0 amide bonds. The number of fused-ring (bicyclic) bond motifs is 1. The lowest BCUT2D eigenvalue weighted by atomic mass is 10.2. The van der Waals surface area contributed by atoms with Crippen molar-refractivity contribution >= 4 is 16.7 Å². The second-order valence-corrected chi connectivity index (χ2v) is 4.78. The Morgan fingerprint density at radius 2 is 2.00 bits per heavy atom. The second-order valence-electron chi connectivity index (χ2n) is 4.78. The Morgan fingerprint density at radius 1 is 1.20 bits per heavy atom. The van der Waals surface area contributed by atoms with Gasteiger partial charge in [0.1, 0.15) is 12.1 Å². The molecule has 3 rings (SSSR count). The van der Waals surface area contributed by atoms with E-state index in [1.54, 1.807) is 20.5 Å². The van der Waals surface area contributed by atoms with Gasteiger partial charge in [-0.05, 0) is 19.0 Å². The van der Waals surface area contributed by atoms with E-state index >= 15 is 0 Å². The zero-order valence-electron chi connectivity index (χ0n) is 11.6. The Hall–Kier alpha value is -2.08. The minimum absolute atomic E-state index is 0.404. The van der Waals surface area contributed by atoms with Crippen LogP contribution in [0.4, 0.5) is 5.82 Å². The number of nitrogens with zero attached hydrogens (tertiary/aromatic N) is 2. The van der Waals surface area contributed by atoms with Gasteiger partial charge in [-0.3, -0.25) is 0 Å². The van der Waals surface area contributed by atoms with E-state index in [-0.39, 0.29) is 0 Å². The van der Waals surface area contributed by atoms with Gasteiger partial charge in [-0.15, -0.1) is 0 Å². The molecule has 1 saturated heterocycles. The Kier molecular flexibility index (Phi) is 3.56. The van der Waals surface area contributed by atoms with Crippen LogP contribution in [-0.4, -0.2) is 43.3 Å². The average Bonchev–Trinajstić information content (AvgIpc) is 2.99. The molecular weight excluding hydrogens is 256 g/mol. The van der Waals surface area contributed by atoms with Crippen molar-refractivity contribution in [1.82, 2.24) is 15.3 Å². The van der Waals surface area contributed by atoms with Gasteiger partial charge in [0.15, 0.2) is 11.5 Å². The van der Waals surface area contributed by atoms with Crippen LogP contribution in [0, 0.1) is 0 Å². The highest BCUT2D eigenvalue weighted by Gasteiger charge is 2.17. The normalized spacial score (nSPS) is 18.2. The first-order chi connectivity index (χ1) is 9.81. The number of aromatic nitrogens is 2. The van der Waals surface area contributed by atoms with Crippen LogP contribution in [0.1, 0.15) is 6.42 Å². The van der Waals surface area contributed by atoms with Gasteiger partial charge in [0.25, 0.3) is 0 Å². The number of nitrogens with one attached hydrogen (secondary N) is 2. The summed E-state index contributed by atoms with van der Waals surface area (Å²) >= 11 is 0. The Labute approximate surface area is 117 Å². The molecule has 2 N–H and O–H groups in total. The molecule has 0 radical (unpaired) electrons. The molecule has 6 nitrogen and oxygen atoms in total. The van der Waals surface area contributed by atoms with E-state index < -0.39 is 0 Å². The minimum atomic E-state index is 0.404. The standard InChI is InChI=1S/C14H18N4O2/c1-19-12-5-10-11(6-13(12)20-2)16-8-17-14(10)18-9-3-4-15-7-9/h5-6,8-9,15H,3-4,7H2,1-2H3,(H,16,17,18). The predicted octanol–water partition coefficient (Wildman–Crippen LogP) is 1.42. The third-order valence-corrected chi connectivity index (χ3v) is 3.54. The number of ether oxygens (including phenoxy) is 2. The first-order valence-corrected chi connectivity index (χ1v) is 6.66. The van der Waals surface area contributed by atoms with Gasteiger partial charge in [-0.1, -0.05) is 0 Å². The van der Waals surface area contributed by atoms with E-state index in [0.29, 0.717) is 17.5 Å². The number of benzene rings is 1. The van der Waals surface area contributed by atoms with Crippen LogP contribution in [-0.2, 0) is 0 Å². The van der Waals surface area contributed by atoms with E-state index in [2.05, 4.69) is 20.6 Å². The summed E-state index contributed by atoms with van der Waals surface area (Å²) in [5, 5.41) is 7.74. The van der Waals surface area contributed by atoms with Gasteiger partial charge in [0.05, 0.1) is 19.7 Å². The van der Waals surface area contributed by atoms with Crippen molar-refractivity contribution in [2.45, 2.75) is 12.5 Å². The molecular formula is C14H18N4O2. The van der Waals surface area contributed by atoms with E-state index in [1.807, 2.05) is 12.1 Å². The fourth-order valence-corrected chi connectivity index (χ4v) is 2.47. The average molecular weight is 274 g/mol. The van der Waals surface area contributed by atoms with Crippen molar-refractivity contribution in [2.24, 2.45) is 0 Å². The SMILES string of the molecule is COc1cc2ncnc(NC3CCNC3)c2cc1OC. The van der Waals surface area contributed by atoms with E-state index in [9.17, 15) is 0 Å². The lowest BCUT2D eigenvalue weighted by Gasteiger charge is -2.15. The van der Waals surface area contributed by atoms with Crippen molar-refractivity contribution in [3.63, 3.8) is 0 Å². The fraction of sp³-hybridized carbons (Fsp3) is 0.429. The molecule has 1 aromatic heterocycles. The first-order valence-electron chi connectivity index (χ1n) is 6.66. The van der Waals surface area contributed by atoms with Crippen molar-refractivity contribution in [1.29, 1.82) is 0 Å². The molecule has 20 heavy (non-hydrogen) atoms. The largest absolute Gasteiger partial charge is 0.493 e. The minimum Gasteiger partial charge on any atom is -0.493 e. The maximum atomic E-state index is 5.35. The summed E-state index contributed by atoms with van der Waals surface area (Å²) in [6, 6.07) is 4.19. The lowest BCUT2D eigenvalue weighted by Crippen LogP contribution is -2.22. The van der Waals surface area contributed by atoms with E-state index in [1.165, 1.54) is 0 Å². The smallest absolute Gasteiger partial charge is 0.162 e. The van der Waals surface area contributed by atoms with Gasteiger partial charge >= 0.3 is 0 Å². The second kappa shape index (κ2) is 5.50. The van der Waals surface area contributed by atoms with Gasteiger partial charge in [-0.25, -0.2) is 9.97 Å². The number of hydrogen-bond donors (Lipinski definition) is 2. The van der Waals surface area contributed by atoms with Crippen molar-refractivity contribution in [3.8, 4) is 11.5 Å². The third-order valence-electron chi connectivity index (χ3n) is 3.54. The molecule has 6 heteroatoms. The highest BCUT2D eigenvalue weighted by molar-refractivity contribution is 5.91. The van der Waals surface area contributed by atoms with Gasteiger partial charge in [0.2, 0.25) is 0 Å². The molecule has 1 unspecified atom stereocenters. The van der Waals surface area contributed by atoms with Crippen LogP contribution in [0.25, 0.3) is 10.9 Å². The summed E-state index contributed by atoms with van der Waals surface area (Å²) in [6.07, 6.45) is 2.66. The lowest BCUT2D eigenvalue weighted by molar-refractivity contribution is 0.356. The number of hydrogen-bond acceptors (Lipinski definition) is 6. The quantitative estimate of drug-likeness (QED) is 0.879. The van der Waals surface area contributed by atoms with E-state index in [4.69, 9.17) is 9.47 Å². The molecule has 1 fully saturated rings. The summed E-state index contributed by atoms with van der Waals surface area (Å²) in [7, 11) is 3.25. The molecule has 1 aliphatic rings. The van der Waals surface area contributed by atoms with Crippen LogP contribution in [0.2, 0.25) is 0 Å². The molecule has 0 spiro atoms. The van der Waals surface area contributed by atoms with Gasteiger partial charge < -0.3 is 20.1 Å². The van der Waals surface area contributed by atoms with Crippen LogP contribution < -0.4 is 20.1 Å².